The Balaban J connectivity index is 1.68. The Hall–Kier alpha value is -2.63. The van der Waals surface area contributed by atoms with E-state index in [0.29, 0.717) is 35.3 Å². The lowest BCUT2D eigenvalue weighted by molar-refractivity contribution is -0.137. The van der Waals surface area contributed by atoms with Crippen molar-refractivity contribution in [1.29, 1.82) is 0 Å². The molecule has 3 heterocycles. The molecule has 1 aliphatic heterocycles. The molecule has 0 aliphatic carbocycles. The SMILES string of the molecule is CCOc1ccc2c(c1)C(CCC(=O)O)CN2S(=O)(=O)c1ccc(-c2ccnc(SC)n2)s1. The predicted octanol–water partition coefficient (Wildman–Crippen LogP) is 4.48. The summed E-state index contributed by atoms with van der Waals surface area (Å²) < 4.78 is 34.4. The van der Waals surface area contributed by atoms with E-state index >= 15 is 0 Å². The molecule has 0 fully saturated rings. The van der Waals surface area contributed by atoms with Gasteiger partial charge in [0.05, 0.1) is 22.9 Å². The number of carboxylic acids is 1. The average molecular weight is 506 g/mol. The third kappa shape index (κ3) is 4.85. The van der Waals surface area contributed by atoms with Gasteiger partial charge in [0.2, 0.25) is 0 Å². The van der Waals surface area contributed by atoms with Gasteiger partial charge in [-0.3, -0.25) is 9.10 Å². The number of carboxylic acid groups (broad SMARTS) is 1. The number of thiophene rings is 1. The number of ether oxygens (including phenoxy) is 1. The second-order valence-corrected chi connectivity index (χ2v) is 11.3. The smallest absolute Gasteiger partial charge is 0.303 e. The third-order valence-corrected chi connectivity index (χ3v) is 9.22. The molecule has 1 unspecified atom stereocenters. The molecule has 2 aromatic heterocycles. The summed E-state index contributed by atoms with van der Waals surface area (Å²) in [7, 11) is -3.84. The Labute approximate surface area is 200 Å². The molecule has 33 heavy (non-hydrogen) atoms. The van der Waals surface area contributed by atoms with E-state index in [-0.39, 0.29) is 23.1 Å². The van der Waals surface area contributed by atoms with Crippen molar-refractivity contribution in [3.05, 3.63) is 48.2 Å². The molecule has 4 rings (SSSR count). The Morgan fingerprint density at radius 2 is 2.12 bits per heavy atom. The zero-order valence-electron chi connectivity index (χ0n) is 18.1. The van der Waals surface area contributed by atoms with E-state index in [1.165, 1.54) is 16.1 Å². The first-order chi connectivity index (χ1) is 15.8. The minimum absolute atomic E-state index is 0.0362. The highest BCUT2D eigenvalue weighted by Crippen LogP contribution is 2.44. The molecule has 1 aromatic carbocycles. The van der Waals surface area contributed by atoms with Gasteiger partial charge in [-0.1, -0.05) is 11.8 Å². The number of benzene rings is 1. The zero-order chi connectivity index (χ0) is 23.6. The van der Waals surface area contributed by atoms with E-state index in [4.69, 9.17) is 9.84 Å². The first-order valence-electron chi connectivity index (χ1n) is 10.3. The molecule has 174 valence electrons. The molecule has 0 radical (unpaired) electrons. The fraction of sp³-hybridized carbons (Fsp3) is 0.318. The maximum Gasteiger partial charge on any atom is 0.303 e. The van der Waals surface area contributed by atoms with Gasteiger partial charge in [-0.05, 0) is 61.6 Å². The largest absolute Gasteiger partial charge is 0.494 e. The standard InChI is InChI=1S/C22H23N3O5S3/c1-3-30-15-5-6-18-16(12-15)14(4-8-20(26)27)13-25(18)33(28,29)21-9-7-19(32-21)17-10-11-23-22(24-17)31-2/h5-7,9-12,14H,3-4,8,13H2,1-2H3,(H,26,27). The summed E-state index contributed by atoms with van der Waals surface area (Å²) in [5.41, 5.74) is 2.03. The Morgan fingerprint density at radius 3 is 2.85 bits per heavy atom. The van der Waals surface area contributed by atoms with Crippen LogP contribution in [-0.2, 0) is 14.8 Å². The number of rotatable bonds is 9. The molecule has 0 spiro atoms. The number of hydrogen-bond donors (Lipinski definition) is 1. The average Bonchev–Trinajstić information content (AvgIpc) is 3.44. The van der Waals surface area contributed by atoms with Gasteiger partial charge in [0, 0.05) is 25.1 Å². The van der Waals surface area contributed by atoms with Gasteiger partial charge in [0.1, 0.15) is 9.96 Å². The predicted molar refractivity (Wildman–Crippen MR) is 129 cm³/mol. The molecule has 0 saturated heterocycles. The van der Waals surface area contributed by atoms with Gasteiger partial charge in [-0.2, -0.15) is 0 Å². The molecule has 1 N–H and O–H groups in total. The molecule has 1 aliphatic rings. The van der Waals surface area contributed by atoms with Crippen LogP contribution < -0.4 is 9.04 Å². The number of nitrogens with zero attached hydrogens (tertiary/aromatic N) is 3. The number of fused-ring (bicyclic) bond motifs is 1. The highest BCUT2D eigenvalue weighted by atomic mass is 32.2. The van der Waals surface area contributed by atoms with Crippen LogP contribution in [0.2, 0.25) is 0 Å². The van der Waals surface area contributed by atoms with Gasteiger partial charge in [-0.15, -0.1) is 11.3 Å². The summed E-state index contributed by atoms with van der Waals surface area (Å²) in [6.45, 7) is 2.55. The van der Waals surface area contributed by atoms with Crippen LogP contribution in [0.5, 0.6) is 5.75 Å². The van der Waals surface area contributed by atoms with Gasteiger partial charge in [0.15, 0.2) is 5.16 Å². The van der Waals surface area contributed by atoms with Crippen molar-refractivity contribution in [1.82, 2.24) is 9.97 Å². The van der Waals surface area contributed by atoms with Crippen molar-refractivity contribution >= 4 is 44.8 Å². The van der Waals surface area contributed by atoms with Crippen molar-refractivity contribution in [2.24, 2.45) is 0 Å². The molecule has 0 saturated carbocycles. The summed E-state index contributed by atoms with van der Waals surface area (Å²) in [5.74, 6) is -0.490. The van der Waals surface area contributed by atoms with Crippen molar-refractivity contribution in [3.63, 3.8) is 0 Å². The molecule has 0 amide bonds. The van der Waals surface area contributed by atoms with Crippen LogP contribution in [0, 0.1) is 0 Å². The molecule has 1 atom stereocenters. The van der Waals surface area contributed by atoms with E-state index in [9.17, 15) is 13.2 Å². The summed E-state index contributed by atoms with van der Waals surface area (Å²) >= 11 is 2.57. The van der Waals surface area contributed by atoms with Crippen LogP contribution in [-0.4, -0.2) is 48.9 Å². The van der Waals surface area contributed by atoms with Gasteiger partial charge < -0.3 is 9.84 Å². The second-order valence-electron chi connectivity index (χ2n) is 7.37. The quantitative estimate of drug-likeness (QED) is 0.335. The lowest BCUT2D eigenvalue weighted by Crippen LogP contribution is -2.29. The highest BCUT2D eigenvalue weighted by molar-refractivity contribution is 7.98. The number of anilines is 1. The highest BCUT2D eigenvalue weighted by Gasteiger charge is 2.37. The minimum Gasteiger partial charge on any atom is -0.494 e. The van der Waals surface area contributed by atoms with E-state index in [0.717, 1.165) is 21.8 Å². The molecule has 0 bridgehead atoms. The second kappa shape index (κ2) is 9.70. The van der Waals surface area contributed by atoms with Gasteiger partial charge in [-0.25, -0.2) is 18.4 Å². The van der Waals surface area contributed by atoms with E-state index in [2.05, 4.69) is 9.97 Å². The summed E-state index contributed by atoms with van der Waals surface area (Å²) in [6, 6.07) is 10.4. The number of aromatic nitrogens is 2. The van der Waals surface area contributed by atoms with Crippen LogP contribution in [0.25, 0.3) is 10.6 Å². The lowest BCUT2D eigenvalue weighted by atomic mass is 9.96. The van der Waals surface area contributed by atoms with Crippen LogP contribution in [0.15, 0.2) is 52.0 Å². The first-order valence-corrected chi connectivity index (χ1v) is 13.8. The van der Waals surface area contributed by atoms with Gasteiger partial charge in [0.25, 0.3) is 10.0 Å². The Morgan fingerprint density at radius 1 is 1.30 bits per heavy atom. The van der Waals surface area contributed by atoms with Crippen molar-refractivity contribution in [2.45, 2.75) is 35.0 Å². The summed E-state index contributed by atoms with van der Waals surface area (Å²) in [5, 5.41) is 9.76. The van der Waals surface area contributed by atoms with E-state index in [1.54, 1.807) is 36.5 Å². The summed E-state index contributed by atoms with van der Waals surface area (Å²) in [6.07, 6.45) is 3.84. The lowest BCUT2D eigenvalue weighted by Gasteiger charge is -2.19. The third-order valence-electron chi connectivity index (χ3n) is 5.31. The number of hydrogen-bond acceptors (Lipinski definition) is 8. The number of carbonyl (C=O) groups is 1. The normalized spacial score (nSPS) is 15.5. The minimum atomic E-state index is -3.84. The molecule has 8 nitrogen and oxygen atoms in total. The Kier molecular flexibility index (Phi) is 6.91. The maximum atomic E-state index is 13.6. The number of thioether (sulfide) groups is 1. The molecule has 11 heteroatoms. The van der Waals surface area contributed by atoms with Gasteiger partial charge >= 0.3 is 5.97 Å². The van der Waals surface area contributed by atoms with Crippen LogP contribution in [0.1, 0.15) is 31.2 Å². The number of aliphatic carboxylic acids is 1. The van der Waals surface area contributed by atoms with Crippen LogP contribution in [0.3, 0.4) is 0 Å². The fourth-order valence-electron chi connectivity index (χ4n) is 3.79. The molecular formula is C22H23N3O5S3. The Bertz CT molecular complexity index is 1280. The van der Waals surface area contributed by atoms with Crippen molar-refractivity contribution in [2.75, 3.05) is 23.7 Å². The summed E-state index contributed by atoms with van der Waals surface area (Å²) in [4.78, 5) is 20.5. The zero-order valence-corrected chi connectivity index (χ0v) is 20.5. The topological polar surface area (TPSA) is 110 Å². The van der Waals surface area contributed by atoms with Crippen LogP contribution in [0.4, 0.5) is 5.69 Å². The molecule has 3 aromatic rings. The molecular weight excluding hydrogens is 482 g/mol. The first kappa shape index (κ1) is 23.5. The van der Waals surface area contributed by atoms with Crippen molar-refractivity contribution < 1.29 is 23.1 Å². The number of sulfonamides is 1. The maximum absolute atomic E-state index is 13.6. The van der Waals surface area contributed by atoms with Crippen molar-refractivity contribution in [3.8, 4) is 16.3 Å². The van der Waals surface area contributed by atoms with E-state index in [1.807, 2.05) is 19.2 Å². The van der Waals surface area contributed by atoms with E-state index < -0.39 is 16.0 Å². The monoisotopic (exact) mass is 505 g/mol. The fourth-order valence-corrected chi connectivity index (χ4v) is 7.08. The van der Waals surface area contributed by atoms with Crippen LogP contribution >= 0.6 is 23.1 Å².